The average Bonchev–Trinajstić information content (AvgIpc) is 2.37. The summed E-state index contributed by atoms with van der Waals surface area (Å²) in [7, 11) is 1.54. The van der Waals surface area contributed by atoms with Gasteiger partial charge in [0, 0.05) is 18.4 Å². The van der Waals surface area contributed by atoms with Gasteiger partial charge in [-0.05, 0) is 30.2 Å². The van der Waals surface area contributed by atoms with Crippen LogP contribution in [-0.4, -0.2) is 23.8 Å². The van der Waals surface area contributed by atoms with E-state index in [-0.39, 0.29) is 28.8 Å². The highest BCUT2D eigenvalue weighted by molar-refractivity contribution is 6.25. The van der Waals surface area contributed by atoms with E-state index in [1.54, 1.807) is 31.4 Å². The number of allylic oxidation sites excluding steroid dienone is 1. The molecule has 0 saturated heterocycles. The molecule has 0 radical (unpaired) electrons. The number of ketones is 2. The number of methoxy groups -OCH3 is 1. The van der Waals surface area contributed by atoms with Crippen molar-refractivity contribution in [1.82, 2.24) is 0 Å². The normalized spacial score (nSPS) is 19.5. The summed E-state index contributed by atoms with van der Waals surface area (Å²) in [4.78, 5) is 23.8. The topological polar surface area (TPSA) is 63.6 Å². The Balaban J connectivity index is 2.39. The highest BCUT2D eigenvalue weighted by Gasteiger charge is 2.31. The maximum Gasteiger partial charge on any atom is 0.170 e. The second kappa shape index (κ2) is 5.26. The van der Waals surface area contributed by atoms with E-state index < -0.39 is 0 Å². The zero-order valence-electron chi connectivity index (χ0n) is 11.0. The number of hydrogen-bond acceptors (Lipinski definition) is 4. The fourth-order valence-corrected chi connectivity index (χ4v) is 2.22. The van der Waals surface area contributed by atoms with Gasteiger partial charge >= 0.3 is 0 Å². The van der Waals surface area contributed by atoms with Crippen molar-refractivity contribution < 1.29 is 19.4 Å². The molecule has 0 atom stereocenters. The Morgan fingerprint density at radius 1 is 1.16 bits per heavy atom. The van der Waals surface area contributed by atoms with Crippen LogP contribution < -0.4 is 4.74 Å². The number of aliphatic hydroxyl groups excluding tert-OH is 1. The summed E-state index contributed by atoms with van der Waals surface area (Å²) in [5, 5.41) is 10.1. The van der Waals surface area contributed by atoms with E-state index in [1.165, 1.54) is 0 Å². The lowest BCUT2D eigenvalue weighted by Gasteiger charge is -2.19. The first kappa shape index (κ1) is 13.3. The van der Waals surface area contributed by atoms with Crippen LogP contribution in [0.2, 0.25) is 0 Å². The van der Waals surface area contributed by atoms with Gasteiger partial charge < -0.3 is 9.84 Å². The molecule has 1 saturated carbocycles. The molecule has 2 rings (SSSR count). The minimum atomic E-state index is -0.280. The maximum atomic E-state index is 11.9. The van der Waals surface area contributed by atoms with Crippen LogP contribution in [0.3, 0.4) is 0 Å². The van der Waals surface area contributed by atoms with E-state index in [0.29, 0.717) is 24.2 Å². The molecule has 0 bridgehead atoms. The lowest BCUT2D eigenvalue weighted by Crippen LogP contribution is -2.25. The largest absolute Gasteiger partial charge is 0.506 e. The first-order valence-electron chi connectivity index (χ1n) is 6.17. The minimum Gasteiger partial charge on any atom is -0.506 e. The van der Waals surface area contributed by atoms with Gasteiger partial charge in [-0.15, -0.1) is 0 Å². The summed E-state index contributed by atoms with van der Waals surface area (Å²) < 4.78 is 5.02. The van der Waals surface area contributed by atoms with Gasteiger partial charge in [-0.3, -0.25) is 9.59 Å². The van der Waals surface area contributed by atoms with Gasteiger partial charge in [-0.2, -0.15) is 0 Å². The Morgan fingerprint density at radius 3 is 2.16 bits per heavy atom. The zero-order valence-corrected chi connectivity index (χ0v) is 11.0. The molecule has 19 heavy (non-hydrogen) atoms. The first-order valence-corrected chi connectivity index (χ1v) is 6.17. The molecule has 1 fully saturated rings. The number of hydrogen-bond donors (Lipinski definition) is 1. The number of carbonyl (C=O) groups excluding carboxylic acids is 2. The monoisotopic (exact) mass is 260 g/mol. The smallest absolute Gasteiger partial charge is 0.170 e. The average molecular weight is 260 g/mol. The Labute approximate surface area is 111 Å². The number of aliphatic hydroxyl groups is 1. The van der Waals surface area contributed by atoms with Gasteiger partial charge in [0.1, 0.15) is 17.1 Å². The SMILES string of the molecule is COc1ccc(C(O)=C2C(=O)CC(C)CC2=O)cc1. The third-order valence-corrected chi connectivity index (χ3v) is 3.23. The van der Waals surface area contributed by atoms with Crippen LogP contribution in [0.1, 0.15) is 25.3 Å². The summed E-state index contributed by atoms with van der Waals surface area (Å²) in [6.07, 6.45) is 0.614. The van der Waals surface area contributed by atoms with E-state index in [1.807, 2.05) is 6.92 Å². The molecule has 1 aliphatic carbocycles. The Hall–Kier alpha value is -2.10. The molecule has 0 unspecified atom stereocenters. The second-order valence-electron chi connectivity index (χ2n) is 4.81. The van der Waals surface area contributed by atoms with Crippen LogP contribution >= 0.6 is 0 Å². The van der Waals surface area contributed by atoms with Crippen LogP contribution in [0, 0.1) is 5.92 Å². The van der Waals surface area contributed by atoms with Crippen LogP contribution in [0.4, 0.5) is 0 Å². The molecule has 4 nitrogen and oxygen atoms in total. The Bertz CT molecular complexity index is 520. The van der Waals surface area contributed by atoms with Crippen LogP contribution in [0.5, 0.6) is 5.75 Å². The van der Waals surface area contributed by atoms with Crippen molar-refractivity contribution in [3.8, 4) is 5.75 Å². The number of benzene rings is 1. The van der Waals surface area contributed by atoms with Crippen LogP contribution in [-0.2, 0) is 9.59 Å². The van der Waals surface area contributed by atoms with E-state index in [0.717, 1.165) is 0 Å². The van der Waals surface area contributed by atoms with Crippen molar-refractivity contribution in [3.63, 3.8) is 0 Å². The maximum absolute atomic E-state index is 11.9. The molecule has 1 aliphatic rings. The van der Waals surface area contributed by atoms with Gasteiger partial charge in [-0.25, -0.2) is 0 Å². The Morgan fingerprint density at radius 2 is 1.68 bits per heavy atom. The first-order chi connectivity index (χ1) is 9.02. The lowest BCUT2D eigenvalue weighted by atomic mass is 9.83. The number of ether oxygens (including phenoxy) is 1. The fourth-order valence-electron chi connectivity index (χ4n) is 2.22. The molecule has 0 heterocycles. The molecule has 0 spiro atoms. The van der Waals surface area contributed by atoms with Crippen molar-refractivity contribution in [3.05, 3.63) is 35.4 Å². The van der Waals surface area contributed by atoms with E-state index in [4.69, 9.17) is 4.74 Å². The van der Waals surface area contributed by atoms with Crippen molar-refractivity contribution in [2.45, 2.75) is 19.8 Å². The van der Waals surface area contributed by atoms with E-state index in [2.05, 4.69) is 0 Å². The summed E-state index contributed by atoms with van der Waals surface area (Å²) in [6.45, 7) is 1.86. The van der Waals surface area contributed by atoms with Crippen molar-refractivity contribution in [1.29, 1.82) is 0 Å². The third-order valence-electron chi connectivity index (χ3n) is 3.23. The van der Waals surface area contributed by atoms with Gasteiger partial charge in [0.15, 0.2) is 11.6 Å². The van der Waals surface area contributed by atoms with Crippen molar-refractivity contribution in [2.75, 3.05) is 7.11 Å². The molecule has 0 amide bonds. The number of Topliss-reactive ketones (excluding diaryl/α,β-unsaturated/α-hetero) is 2. The van der Waals surface area contributed by atoms with Crippen LogP contribution in [0.25, 0.3) is 5.76 Å². The molecule has 1 aromatic rings. The number of rotatable bonds is 2. The predicted octanol–water partition coefficient (Wildman–Crippen LogP) is 2.53. The van der Waals surface area contributed by atoms with Crippen molar-refractivity contribution >= 4 is 17.3 Å². The van der Waals surface area contributed by atoms with Crippen molar-refractivity contribution in [2.24, 2.45) is 5.92 Å². The van der Waals surface area contributed by atoms with E-state index >= 15 is 0 Å². The van der Waals surface area contributed by atoms with Gasteiger partial charge in [-0.1, -0.05) is 6.92 Å². The summed E-state index contributed by atoms with van der Waals surface area (Å²) in [5.41, 5.74) is 0.385. The summed E-state index contributed by atoms with van der Waals surface area (Å²) >= 11 is 0. The molecule has 0 aromatic heterocycles. The fraction of sp³-hybridized carbons (Fsp3) is 0.333. The molecule has 100 valence electrons. The van der Waals surface area contributed by atoms with Crippen LogP contribution in [0.15, 0.2) is 29.8 Å². The van der Waals surface area contributed by atoms with Gasteiger partial charge in [0.25, 0.3) is 0 Å². The third kappa shape index (κ3) is 2.67. The highest BCUT2D eigenvalue weighted by Crippen LogP contribution is 2.28. The molecule has 0 aliphatic heterocycles. The second-order valence-corrected chi connectivity index (χ2v) is 4.81. The van der Waals surface area contributed by atoms with Gasteiger partial charge in [0.05, 0.1) is 7.11 Å². The lowest BCUT2D eigenvalue weighted by molar-refractivity contribution is -0.125. The van der Waals surface area contributed by atoms with Gasteiger partial charge in [0.2, 0.25) is 0 Å². The molecular formula is C15H16O4. The molecule has 4 heteroatoms. The summed E-state index contributed by atoms with van der Waals surface area (Å²) in [5.74, 6) is -0.0948. The highest BCUT2D eigenvalue weighted by atomic mass is 16.5. The summed E-state index contributed by atoms with van der Waals surface area (Å²) in [6, 6.07) is 6.60. The zero-order chi connectivity index (χ0) is 14.0. The molecular weight excluding hydrogens is 244 g/mol. The quantitative estimate of drug-likeness (QED) is 0.504. The minimum absolute atomic E-state index is 0.0485. The standard InChI is InChI=1S/C15H16O4/c1-9-7-12(16)14(13(17)8-9)15(18)10-3-5-11(19-2)6-4-10/h3-6,9,18H,7-8H2,1-2H3. The molecule has 1 N–H and O–H groups in total. The Kier molecular flexibility index (Phi) is 3.69. The number of carbonyl (C=O) groups is 2. The predicted molar refractivity (Wildman–Crippen MR) is 71.0 cm³/mol. The molecule has 1 aromatic carbocycles. The van der Waals surface area contributed by atoms with E-state index in [9.17, 15) is 14.7 Å².